The third-order valence-corrected chi connectivity index (χ3v) is 23.8. The number of hydrogen-bond acceptors (Lipinski definition) is 33. The van der Waals surface area contributed by atoms with Crippen molar-refractivity contribution in [2.75, 3.05) is 34.4 Å². The van der Waals surface area contributed by atoms with Gasteiger partial charge < -0.3 is 34.4 Å². The zero-order chi connectivity index (χ0) is 91.8. The Labute approximate surface area is 750 Å². The summed E-state index contributed by atoms with van der Waals surface area (Å²) in [6.07, 6.45) is 20.4. The Balaban J connectivity index is 0.000000186. The van der Waals surface area contributed by atoms with Crippen molar-refractivity contribution in [3.63, 3.8) is 0 Å². The van der Waals surface area contributed by atoms with Gasteiger partial charge in [0.05, 0.1) is 47.3 Å². The minimum absolute atomic E-state index is 0.0323. The van der Waals surface area contributed by atoms with E-state index < -0.39 is 18.0 Å². The van der Waals surface area contributed by atoms with Gasteiger partial charge in [0.1, 0.15) is 75.5 Å². The second-order valence-electron chi connectivity index (χ2n) is 30.4. The Hall–Kier alpha value is -11.9. The van der Waals surface area contributed by atoms with E-state index in [1.807, 2.05) is 105 Å². The molecule has 28 nitrogen and oxygen atoms in total. The molecule has 0 aromatic carbocycles. The summed E-state index contributed by atoms with van der Waals surface area (Å²) in [6, 6.07) is 11.2. The summed E-state index contributed by atoms with van der Waals surface area (Å²) in [4.78, 5) is 84.5. The van der Waals surface area contributed by atoms with E-state index in [0.29, 0.717) is 116 Å². The number of hydrogen-bond donors (Lipinski definition) is 6. The second kappa shape index (κ2) is 45.7. The van der Waals surface area contributed by atoms with Crippen LogP contribution in [0.15, 0.2) is 200 Å². The largest absolute Gasteiger partial charge is 0.433 e. The van der Waals surface area contributed by atoms with Crippen molar-refractivity contribution in [2.24, 2.45) is 20.7 Å². The first kappa shape index (κ1) is 98.6. The molecule has 36 heteroatoms. The minimum Gasteiger partial charge on any atom is -0.383 e. The molecule has 0 saturated carbocycles. The number of anilines is 6. The summed E-state index contributed by atoms with van der Waals surface area (Å²) in [6.45, 7) is 51.5. The fraction of sp³-hybridized carbons (Fsp3) is 0.326. The van der Waals surface area contributed by atoms with Crippen molar-refractivity contribution >= 4 is 111 Å². The minimum atomic E-state index is -4.49. The van der Waals surface area contributed by atoms with E-state index >= 15 is 0 Å². The van der Waals surface area contributed by atoms with Gasteiger partial charge in [0.2, 0.25) is 6.17 Å². The van der Waals surface area contributed by atoms with Gasteiger partial charge in [-0.1, -0.05) is 162 Å². The predicted octanol–water partition coefficient (Wildman–Crippen LogP) is 22.1. The molecule has 12 aromatic rings. The third kappa shape index (κ3) is 28.9. The Kier molecular flexibility index (Phi) is 36.0. The summed E-state index contributed by atoms with van der Waals surface area (Å²) in [7, 11) is 0. The summed E-state index contributed by atoms with van der Waals surface area (Å²) in [5.41, 5.74) is 48.8. The van der Waals surface area contributed by atoms with E-state index in [1.54, 1.807) is 85.3 Å². The SMILES string of the molecule is C=C(C)c1cc(Sc2cnc(C)nc2N)c(C(C)C)cn1.C=Cc1cc(Cc2cnc(C)nc2N)c(C(C)C)cn1.C=Cc1cc(Sc2cnc(C)nc2N)c(C(C)C)cn1.Cc1cc(Sc2cnc(C)nc2N)c(C(C)C)cn1.Cc1ncc(Sc2cc(C(F)(F)F)ncc2C(C)C)c(N)n1.Cc1ncc(Sc2cc(C3N=NN=N3)ncc2C(C)C)c(N)n1. The number of rotatable bonds is 22. The Morgan fingerprint density at radius 2 is 0.664 bits per heavy atom. The molecule has 12 aromatic heterocycles. The molecule has 0 saturated heterocycles. The number of nitrogen functional groups attached to an aromatic ring is 6. The lowest BCUT2D eigenvalue weighted by Gasteiger charge is -2.15. The van der Waals surface area contributed by atoms with Crippen LogP contribution in [0.5, 0.6) is 0 Å². The van der Waals surface area contributed by atoms with Crippen LogP contribution in [-0.4, -0.2) is 89.7 Å². The molecule has 654 valence electrons. The van der Waals surface area contributed by atoms with Crippen molar-refractivity contribution in [2.45, 2.75) is 242 Å². The zero-order valence-electron chi connectivity index (χ0n) is 73.9. The van der Waals surface area contributed by atoms with E-state index in [4.69, 9.17) is 34.4 Å². The Bertz CT molecular complexity index is 5720. The Morgan fingerprint density at radius 3 is 1.02 bits per heavy atom. The van der Waals surface area contributed by atoms with Gasteiger partial charge in [-0.05, 0) is 194 Å². The molecule has 13 heterocycles. The van der Waals surface area contributed by atoms with Crippen LogP contribution >= 0.6 is 58.8 Å². The first-order chi connectivity index (χ1) is 59.1. The molecule has 13 rings (SSSR count). The topological polar surface area (TPSA) is 438 Å². The molecule has 0 bridgehead atoms. The molecule has 0 aliphatic carbocycles. The number of halogens is 3. The zero-order valence-corrected chi connectivity index (χ0v) is 78.0. The fourth-order valence-electron chi connectivity index (χ4n) is 11.4. The highest BCUT2D eigenvalue weighted by Crippen LogP contribution is 2.43. The van der Waals surface area contributed by atoms with E-state index in [1.165, 1.54) is 56.9 Å². The molecule has 1 aliphatic heterocycles. The smallest absolute Gasteiger partial charge is 0.383 e. The first-order valence-electron chi connectivity index (χ1n) is 39.8. The predicted molar refractivity (Wildman–Crippen MR) is 498 cm³/mol. The maximum atomic E-state index is 12.9. The van der Waals surface area contributed by atoms with Crippen LogP contribution in [0.1, 0.15) is 245 Å². The maximum absolute atomic E-state index is 12.9. The van der Waals surface area contributed by atoms with Crippen molar-refractivity contribution in [3.8, 4) is 0 Å². The molecule has 125 heavy (non-hydrogen) atoms. The Morgan fingerprint density at radius 1 is 0.352 bits per heavy atom. The molecule has 0 unspecified atom stereocenters. The second-order valence-corrected chi connectivity index (χ2v) is 35.8. The highest BCUT2D eigenvalue weighted by Gasteiger charge is 2.34. The molecule has 0 radical (unpaired) electrons. The van der Waals surface area contributed by atoms with Crippen LogP contribution in [0.2, 0.25) is 0 Å². The summed E-state index contributed by atoms with van der Waals surface area (Å²) in [5, 5.41) is 14.9. The lowest BCUT2D eigenvalue weighted by molar-refractivity contribution is -0.141. The number of alkyl halides is 3. The van der Waals surface area contributed by atoms with E-state index in [-0.39, 0.29) is 11.7 Å². The number of aromatic nitrogens is 18. The van der Waals surface area contributed by atoms with E-state index in [2.05, 4.69) is 218 Å². The normalized spacial score (nSPS) is 11.7. The quantitative estimate of drug-likeness (QED) is 0.0367. The number of aryl methyl sites for hydroxylation is 7. The number of allylic oxidation sites excluding steroid dienone is 1. The average molecular weight is 1790 g/mol. The molecular weight excluding hydrogens is 1680 g/mol. The van der Waals surface area contributed by atoms with Crippen molar-refractivity contribution < 1.29 is 13.2 Å². The van der Waals surface area contributed by atoms with Gasteiger partial charge in [-0.15, -0.1) is 10.2 Å². The van der Waals surface area contributed by atoms with Crippen molar-refractivity contribution in [3.05, 3.63) is 244 Å². The molecule has 0 amide bonds. The highest BCUT2D eigenvalue weighted by molar-refractivity contribution is 8.00. The van der Waals surface area contributed by atoms with Crippen LogP contribution in [0.4, 0.5) is 48.1 Å². The van der Waals surface area contributed by atoms with Gasteiger partial charge in [0.25, 0.3) is 0 Å². The van der Waals surface area contributed by atoms with Gasteiger partial charge in [-0.3, -0.25) is 29.9 Å². The number of nitrogens with two attached hydrogens (primary N) is 6. The van der Waals surface area contributed by atoms with Crippen LogP contribution in [0.25, 0.3) is 17.7 Å². The standard InChI is InChI=1S/C16H20N4S.C16H20N4.C15H18N4S.C14H15F3N4S.C14H16N8S.C14H18N4S/c1-9(2)12-7-19-13(10(3)4)6-14(12)21-15-8-18-11(5)20-16(15)17;1-5-14-7-12(15(9-19-14)10(2)3)6-13-8-18-11(4)20-16(13)17;1-5-11-6-13(12(7-18-11)9(2)3)20-14-8-17-10(4)19-15(14)16;1-7(2)9-5-20-12(14(15,16)17)4-10(9)22-11-6-19-8(3)21-13(11)18;1-7(2)9-5-17-10(14-19-21-22-20-14)4-11(9)23-12-6-16-8(3)18-13(12)15;1-8(2)11-6-16-9(3)5-12(11)19-13-7-17-10(4)18-14(13)15/h6-9H,3H2,1-2,4-5H3,(H2,17,18,20);5,7-10H,1,6H2,2-4H3,(H2,17,18,20);5-9H,1H2,2-4H3,(H2,16,17,19);4-7H,1-3H3,(H2,18,19,21);4-7,14H,1-3H3,(H2,15,16,18);5-8H,1-4H3,(H2,15,17,18). The lowest BCUT2D eigenvalue weighted by atomic mass is 9.94. The van der Waals surface area contributed by atoms with Crippen molar-refractivity contribution in [1.82, 2.24) is 89.7 Å². The van der Waals surface area contributed by atoms with Crippen molar-refractivity contribution in [1.29, 1.82) is 0 Å². The monoisotopic (exact) mass is 1780 g/mol. The van der Waals surface area contributed by atoms with E-state index in [9.17, 15) is 13.2 Å². The van der Waals surface area contributed by atoms with E-state index in [0.717, 1.165) is 97.1 Å². The van der Waals surface area contributed by atoms with Crippen LogP contribution in [0, 0.1) is 48.5 Å². The molecule has 0 fully saturated rings. The number of nitrogens with zero attached hydrogens (tertiary/aromatic N) is 22. The van der Waals surface area contributed by atoms with Crippen LogP contribution < -0.4 is 34.4 Å². The maximum Gasteiger partial charge on any atom is 0.433 e. The molecule has 1 aliphatic rings. The molecule has 12 N–H and O–H groups in total. The highest BCUT2D eigenvalue weighted by atomic mass is 32.2. The summed E-state index contributed by atoms with van der Waals surface area (Å²) in [5.74, 6) is 8.65. The summed E-state index contributed by atoms with van der Waals surface area (Å²) < 4.78 is 38.6. The van der Waals surface area contributed by atoms with Gasteiger partial charge in [-0.2, -0.15) is 13.2 Å². The van der Waals surface area contributed by atoms with Gasteiger partial charge in [-0.25, -0.2) is 59.8 Å². The number of pyridine rings is 6. The lowest BCUT2D eigenvalue weighted by Crippen LogP contribution is -2.09. The molecule has 0 spiro atoms. The van der Waals surface area contributed by atoms with Gasteiger partial charge >= 0.3 is 6.18 Å². The fourth-order valence-corrected chi connectivity index (χ4v) is 16.9. The average Bonchev–Trinajstić information content (AvgIpc) is 1.11. The van der Waals surface area contributed by atoms with Gasteiger partial charge in [0, 0.05) is 117 Å². The molecular formula is C89H107F3N28S5. The van der Waals surface area contributed by atoms with Gasteiger partial charge in [0.15, 0.2) is 0 Å². The molecule has 0 atom stereocenters. The van der Waals surface area contributed by atoms with Crippen LogP contribution in [-0.2, 0) is 12.6 Å². The third-order valence-electron chi connectivity index (χ3n) is 18.2. The van der Waals surface area contributed by atoms with Crippen LogP contribution in [0.3, 0.4) is 0 Å². The first-order valence-corrected chi connectivity index (χ1v) is 43.8. The summed E-state index contributed by atoms with van der Waals surface area (Å²) >= 11 is 7.38.